The molecule has 25 heavy (non-hydrogen) atoms. The van der Waals surface area contributed by atoms with Gasteiger partial charge < -0.3 is 0 Å². The molecule has 1 aromatic heterocycles. The van der Waals surface area contributed by atoms with Crippen LogP contribution in [0.15, 0.2) is 76.3 Å². The molecule has 1 heterocycles. The maximum Gasteiger partial charge on any atom is 0.261 e. The van der Waals surface area contributed by atoms with Crippen LogP contribution in [-0.2, 0) is 13.0 Å². The summed E-state index contributed by atoms with van der Waals surface area (Å²) in [5.74, 6) is 0. The molecular weight excluding hydrogens is 310 g/mol. The van der Waals surface area contributed by atoms with Gasteiger partial charge in [0.2, 0.25) is 0 Å². The number of nitrogens with zero attached hydrogens (tertiary/aromatic N) is 1. The number of rotatable bonds is 2. The van der Waals surface area contributed by atoms with Gasteiger partial charge in [-0.05, 0) is 46.0 Å². The molecule has 0 fully saturated rings. The number of hydrogen-bond acceptors (Lipinski definition) is 2. The van der Waals surface area contributed by atoms with E-state index in [9.17, 15) is 9.59 Å². The molecule has 3 heteroatoms. The second kappa shape index (κ2) is 5.15. The first kappa shape index (κ1) is 14.2. The van der Waals surface area contributed by atoms with Crippen molar-refractivity contribution < 1.29 is 0 Å². The summed E-state index contributed by atoms with van der Waals surface area (Å²) in [6.45, 7) is 0.284. The van der Waals surface area contributed by atoms with Crippen LogP contribution in [0, 0.1) is 0 Å². The Balaban J connectivity index is 1.98. The average molecular weight is 325 g/mol. The van der Waals surface area contributed by atoms with Crippen LogP contribution in [0.4, 0.5) is 0 Å². The van der Waals surface area contributed by atoms with Crippen LogP contribution >= 0.6 is 0 Å². The largest absolute Gasteiger partial charge is 0.270 e. The van der Waals surface area contributed by atoms with Crippen LogP contribution in [0.25, 0.3) is 21.5 Å². The second-order valence-electron chi connectivity index (χ2n) is 6.54. The Morgan fingerprint density at radius 3 is 1.80 bits per heavy atom. The Morgan fingerprint density at radius 2 is 1.24 bits per heavy atom. The highest BCUT2D eigenvalue weighted by Crippen LogP contribution is 2.34. The Morgan fingerprint density at radius 1 is 0.680 bits per heavy atom. The molecule has 3 nitrogen and oxygen atoms in total. The van der Waals surface area contributed by atoms with Gasteiger partial charge in [0.15, 0.2) is 0 Å². The van der Waals surface area contributed by atoms with Crippen LogP contribution in [0.5, 0.6) is 0 Å². The lowest BCUT2D eigenvalue weighted by Gasteiger charge is -2.04. The third-order valence-electron chi connectivity index (χ3n) is 5.07. The smallest absolute Gasteiger partial charge is 0.261 e. The van der Waals surface area contributed by atoms with Crippen LogP contribution in [0.1, 0.15) is 16.7 Å². The van der Waals surface area contributed by atoms with Gasteiger partial charge in [0, 0.05) is 10.8 Å². The standard InChI is InChI=1S/C22H15NO2/c24-21-17-10-4-8-15-12-16-9-5-11-18(20(16)19(15)17)22(25)23(21)13-14-6-2-1-3-7-14/h1-11H,12-13H2. The summed E-state index contributed by atoms with van der Waals surface area (Å²) >= 11 is 0. The van der Waals surface area contributed by atoms with Gasteiger partial charge in [-0.3, -0.25) is 14.2 Å². The Kier molecular flexibility index (Phi) is 2.92. The summed E-state index contributed by atoms with van der Waals surface area (Å²) in [6, 6.07) is 21.2. The van der Waals surface area contributed by atoms with Gasteiger partial charge in [-0.2, -0.15) is 0 Å². The molecule has 0 unspecified atom stereocenters. The molecule has 3 aromatic carbocycles. The maximum atomic E-state index is 13.2. The lowest BCUT2D eigenvalue weighted by Crippen LogP contribution is -2.30. The quantitative estimate of drug-likeness (QED) is 0.498. The predicted molar refractivity (Wildman–Crippen MR) is 100 cm³/mol. The summed E-state index contributed by atoms with van der Waals surface area (Å²) in [6.07, 6.45) is 0.783. The Bertz CT molecular complexity index is 1190. The SMILES string of the molecule is O=c1c2cccc3c2c2c(cccc2c(=O)n1Cc1ccccc1)C3. The summed E-state index contributed by atoms with van der Waals surface area (Å²) in [5, 5.41) is 3.15. The van der Waals surface area contributed by atoms with Crippen LogP contribution in [0.3, 0.4) is 0 Å². The van der Waals surface area contributed by atoms with Crippen LogP contribution in [-0.4, -0.2) is 4.57 Å². The van der Waals surface area contributed by atoms with Crippen LogP contribution in [0.2, 0.25) is 0 Å². The van der Waals surface area contributed by atoms with E-state index in [0.717, 1.165) is 33.9 Å². The van der Waals surface area contributed by atoms with E-state index in [-0.39, 0.29) is 17.7 Å². The van der Waals surface area contributed by atoms with Crippen molar-refractivity contribution in [3.63, 3.8) is 0 Å². The number of benzene rings is 3. The maximum absolute atomic E-state index is 13.2. The lowest BCUT2D eigenvalue weighted by molar-refractivity contribution is 0.746. The van der Waals surface area contributed by atoms with Crippen molar-refractivity contribution in [1.29, 1.82) is 0 Å². The highest BCUT2D eigenvalue weighted by Gasteiger charge is 2.20. The number of aromatic nitrogens is 1. The van der Waals surface area contributed by atoms with E-state index in [0.29, 0.717) is 10.8 Å². The molecule has 1 aliphatic carbocycles. The first-order valence-electron chi connectivity index (χ1n) is 8.38. The molecule has 0 radical (unpaired) electrons. The highest BCUT2D eigenvalue weighted by molar-refractivity contribution is 6.11. The van der Waals surface area contributed by atoms with Crippen molar-refractivity contribution in [2.45, 2.75) is 13.0 Å². The van der Waals surface area contributed by atoms with Crippen molar-refractivity contribution >= 4 is 21.5 Å². The van der Waals surface area contributed by atoms with Crippen molar-refractivity contribution in [2.24, 2.45) is 0 Å². The van der Waals surface area contributed by atoms with E-state index in [4.69, 9.17) is 0 Å². The molecule has 0 atom stereocenters. The minimum Gasteiger partial charge on any atom is -0.270 e. The van der Waals surface area contributed by atoms with Crippen LogP contribution < -0.4 is 11.1 Å². The minimum absolute atomic E-state index is 0.213. The van der Waals surface area contributed by atoms with Gasteiger partial charge in [0.1, 0.15) is 0 Å². The predicted octanol–water partition coefficient (Wildman–Crippen LogP) is 3.47. The molecule has 4 aromatic rings. The number of hydrogen-bond donors (Lipinski definition) is 0. The molecule has 0 N–H and O–H groups in total. The molecule has 1 aliphatic rings. The summed E-state index contributed by atoms with van der Waals surface area (Å²) in [4.78, 5) is 26.4. The zero-order valence-electron chi connectivity index (χ0n) is 13.5. The molecule has 0 saturated heterocycles. The molecular formula is C22H15NO2. The fourth-order valence-corrected chi connectivity index (χ4v) is 3.94. The normalized spacial score (nSPS) is 12.3. The highest BCUT2D eigenvalue weighted by atomic mass is 16.2. The van der Waals surface area contributed by atoms with E-state index in [1.165, 1.54) is 4.57 Å². The average Bonchev–Trinajstić information content (AvgIpc) is 3.01. The summed E-state index contributed by atoms with van der Waals surface area (Å²) < 4.78 is 1.37. The zero-order chi connectivity index (χ0) is 17.0. The van der Waals surface area contributed by atoms with Gasteiger partial charge in [-0.1, -0.05) is 54.6 Å². The van der Waals surface area contributed by atoms with E-state index in [2.05, 4.69) is 0 Å². The van der Waals surface area contributed by atoms with Crippen molar-refractivity contribution in [3.05, 3.63) is 104 Å². The third-order valence-corrected chi connectivity index (χ3v) is 5.07. The Hall–Kier alpha value is -3.20. The minimum atomic E-state index is -0.213. The fourth-order valence-electron chi connectivity index (χ4n) is 3.94. The molecule has 0 spiro atoms. The molecule has 5 rings (SSSR count). The molecule has 120 valence electrons. The fraction of sp³-hybridized carbons (Fsp3) is 0.0909. The van der Waals surface area contributed by atoms with E-state index < -0.39 is 0 Å². The molecule has 0 amide bonds. The first-order valence-corrected chi connectivity index (χ1v) is 8.38. The van der Waals surface area contributed by atoms with Crippen molar-refractivity contribution in [3.8, 4) is 0 Å². The summed E-state index contributed by atoms with van der Waals surface area (Å²) in [7, 11) is 0. The monoisotopic (exact) mass is 325 g/mol. The van der Waals surface area contributed by atoms with E-state index >= 15 is 0 Å². The summed E-state index contributed by atoms with van der Waals surface area (Å²) in [5.41, 5.74) is 2.77. The first-order chi connectivity index (χ1) is 12.2. The lowest BCUT2D eigenvalue weighted by atomic mass is 10.1. The van der Waals surface area contributed by atoms with Crippen molar-refractivity contribution in [1.82, 2.24) is 4.57 Å². The molecule has 0 bridgehead atoms. The Labute approximate surface area is 143 Å². The van der Waals surface area contributed by atoms with Gasteiger partial charge in [-0.25, -0.2) is 0 Å². The van der Waals surface area contributed by atoms with Gasteiger partial charge in [-0.15, -0.1) is 0 Å². The van der Waals surface area contributed by atoms with Crippen molar-refractivity contribution in [2.75, 3.05) is 0 Å². The van der Waals surface area contributed by atoms with E-state index in [1.54, 1.807) is 0 Å². The van der Waals surface area contributed by atoms with Gasteiger partial charge in [0.05, 0.1) is 6.54 Å². The van der Waals surface area contributed by atoms with Gasteiger partial charge >= 0.3 is 0 Å². The van der Waals surface area contributed by atoms with E-state index in [1.807, 2.05) is 66.7 Å². The zero-order valence-corrected chi connectivity index (χ0v) is 13.5. The third kappa shape index (κ3) is 1.99. The second-order valence-corrected chi connectivity index (χ2v) is 6.54. The molecule has 0 aliphatic heterocycles. The topological polar surface area (TPSA) is 39.1 Å². The molecule has 0 saturated carbocycles. The van der Waals surface area contributed by atoms with Gasteiger partial charge in [0.25, 0.3) is 11.1 Å².